The fourth-order valence-electron chi connectivity index (χ4n) is 3.49. The van der Waals surface area contributed by atoms with Crippen molar-refractivity contribution in [3.05, 3.63) is 65.0 Å². The zero-order valence-corrected chi connectivity index (χ0v) is 16.9. The molecule has 6 nitrogen and oxygen atoms in total. The highest BCUT2D eigenvalue weighted by Crippen LogP contribution is 2.37. The summed E-state index contributed by atoms with van der Waals surface area (Å²) in [5.74, 6) is 0.659. The Kier molecular flexibility index (Phi) is 5.01. The van der Waals surface area contributed by atoms with Gasteiger partial charge in [-0.1, -0.05) is 43.7 Å². The SMILES string of the molecule is Cc1ccc(-c2cc(O)c3c(c2)CN(C(=O)c2cc(C(C)C)[nH]n2)CCO3)cc1. The quantitative estimate of drug-likeness (QED) is 0.700. The Labute approximate surface area is 170 Å². The van der Waals surface area contributed by atoms with Crippen molar-refractivity contribution in [3.63, 3.8) is 0 Å². The number of hydrogen-bond donors (Lipinski definition) is 2. The molecule has 1 aliphatic rings. The molecule has 2 N–H and O–H groups in total. The molecule has 0 saturated carbocycles. The van der Waals surface area contributed by atoms with E-state index in [-0.39, 0.29) is 17.6 Å². The third-order valence-electron chi connectivity index (χ3n) is 5.23. The maximum atomic E-state index is 13.0. The second-order valence-electron chi connectivity index (χ2n) is 7.79. The number of nitrogens with zero attached hydrogens (tertiary/aromatic N) is 2. The number of phenolic OH excluding ortho intramolecular Hbond substituents is 1. The summed E-state index contributed by atoms with van der Waals surface area (Å²) in [6.07, 6.45) is 0. The van der Waals surface area contributed by atoms with Gasteiger partial charge in [-0.3, -0.25) is 9.89 Å². The number of carbonyl (C=O) groups excluding carboxylic acids is 1. The van der Waals surface area contributed by atoms with Gasteiger partial charge in [0, 0.05) is 17.8 Å². The van der Waals surface area contributed by atoms with Gasteiger partial charge < -0.3 is 14.7 Å². The molecule has 0 bridgehead atoms. The summed E-state index contributed by atoms with van der Waals surface area (Å²) < 4.78 is 5.78. The summed E-state index contributed by atoms with van der Waals surface area (Å²) in [6.45, 7) is 7.23. The summed E-state index contributed by atoms with van der Waals surface area (Å²) in [6, 6.07) is 13.6. The van der Waals surface area contributed by atoms with E-state index < -0.39 is 0 Å². The first kappa shape index (κ1) is 19.1. The third kappa shape index (κ3) is 3.83. The molecule has 4 rings (SSSR count). The Hall–Kier alpha value is -3.28. The number of hydrogen-bond acceptors (Lipinski definition) is 4. The molecule has 0 atom stereocenters. The van der Waals surface area contributed by atoms with Crippen LogP contribution in [-0.2, 0) is 6.54 Å². The molecule has 2 aromatic carbocycles. The lowest BCUT2D eigenvalue weighted by Gasteiger charge is -2.19. The Morgan fingerprint density at radius 1 is 1.17 bits per heavy atom. The van der Waals surface area contributed by atoms with Gasteiger partial charge in [-0.2, -0.15) is 5.10 Å². The highest BCUT2D eigenvalue weighted by Gasteiger charge is 2.25. The molecule has 3 aromatic rings. The highest BCUT2D eigenvalue weighted by molar-refractivity contribution is 5.92. The lowest BCUT2D eigenvalue weighted by molar-refractivity contribution is 0.0727. The highest BCUT2D eigenvalue weighted by atomic mass is 16.5. The topological polar surface area (TPSA) is 78.5 Å². The Morgan fingerprint density at radius 3 is 2.62 bits per heavy atom. The van der Waals surface area contributed by atoms with Crippen LogP contribution in [0.25, 0.3) is 11.1 Å². The van der Waals surface area contributed by atoms with E-state index in [0.29, 0.717) is 31.1 Å². The Balaban J connectivity index is 1.65. The van der Waals surface area contributed by atoms with Crippen molar-refractivity contribution in [1.29, 1.82) is 0 Å². The van der Waals surface area contributed by atoms with E-state index in [2.05, 4.69) is 10.2 Å². The van der Waals surface area contributed by atoms with Crippen LogP contribution in [-0.4, -0.2) is 39.3 Å². The fourth-order valence-corrected chi connectivity index (χ4v) is 3.49. The van der Waals surface area contributed by atoms with E-state index in [0.717, 1.165) is 22.4 Å². The van der Waals surface area contributed by atoms with E-state index in [1.165, 1.54) is 5.56 Å². The molecule has 0 radical (unpaired) electrons. The number of fused-ring (bicyclic) bond motifs is 1. The molecule has 0 fully saturated rings. The van der Waals surface area contributed by atoms with Crippen LogP contribution in [0.15, 0.2) is 42.5 Å². The van der Waals surface area contributed by atoms with Crippen LogP contribution >= 0.6 is 0 Å². The van der Waals surface area contributed by atoms with Crippen LogP contribution < -0.4 is 4.74 Å². The molecular formula is C23H25N3O3. The van der Waals surface area contributed by atoms with Gasteiger partial charge in [-0.25, -0.2) is 0 Å². The number of H-pyrrole nitrogens is 1. The largest absolute Gasteiger partial charge is 0.504 e. The average Bonchev–Trinajstić information content (AvgIpc) is 3.09. The summed E-state index contributed by atoms with van der Waals surface area (Å²) in [4.78, 5) is 14.7. The van der Waals surface area contributed by atoms with E-state index in [1.54, 1.807) is 17.0 Å². The second kappa shape index (κ2) is 7.62. The number of aromatic hydroxyl groups is 1. The maximum absolute atomic E-state index is 13.0. The van der Waals surface area contributed by atoms with E-state index in [9.17, 15) is 9.90 Å². The average molecular weight is 391 g/mol. The van der Waals surface area contributed by atoms with Crippen LogP contribution in [0.4, 0.5) is 0 Å². The van der Waals surface area contributed by atoms with E-state index in [4.69, 9.17) is 4.74 Å². The molecule has 1 amide bonds. The van der Waals surface area contributed by atoms with Gasteiger partial charge in [0.25, 0.3) is 5.91 Å². The number of benzene rings is 2. The van der Waals surface area contributed by atoms with E-state index in [1.807, 2.05) is 51.1 Å². The van der Waals surface area contributed by atoms with Crippen LogP contribution in [0.2, 0.25) is 0 Å². The predicted molar refractivity (Wildman–Crippen MR) is 111 cm³/mol. The number of phenols is 1. The molecule has 6 heteroatoms. The molecule has 1 aliphatic heterocycles. The Bertz CT molecular complexity index is 1040. The van der Waals surface area contributed by atoms with Crippen LogP contribution in [0.3, 0.4) is 0 Å². The first-order chi connectivity index (χ1) is 13.9. The predicted octanol–water partition coefficient (Wildman–Crippen LogP) is 4.25. The minimum Gasteiger partial charge on any atom is -0.504 e. The maximum Gasteiger partial charge on any atom is 0.274 e. The summed E-state index contributed by atoms with van der Waals surface area (Å²) in [5, 5.41) is 17.7. The molecule has 1 aromatic heterocycles. The molecule has 150 valence electrons. The lowest BCUT2D eigenvalue weighted by Crippen LogP contribution is -2.32. The van der Waals surface area contributed by atoms with Gasteiger partial charge in [0.1, 0.15) is 12.3 Å². The summed E-state index contributed by atoms with van der Waals surface area (Å²) in [7, 11) is 0. The van der Waals surface area contributed by atoms with Gasteiger partial charge in [-0.05, 0) is 42.2 Å². The first-order valence-electron chi connectivity index (χ1n) is 9.82. The van der Waals surface area contributed by atoms with Crippen LogP contribution in [0.1, 0.15) is 47.1 Å². The molecule has 2 heterocycles. The van der Waals surface area contributed by atoms with Crippen molar-refractivity contribution in [2.24, 2.45) is 0 Å². The zero-order valence-electron chi connectivity index (χ0n) is 16.9. The normalized spacial score (nSPS) is 13.7. The van der Waals surface area contributed by atoms with Gasteiger partial charge >= 0.3 is 0 Å². The second-order valence-corrected chi connectivity index (χ2v) is 7.79. The van der Waals surface area contributed by atoms with E-state index >= 15 is 0 Å². The number of rotatable bonds is 3. The van der Waals surface area contributed by atoms with Crippen molar-refractivity contribution in [3.8, 4) is 22.6 Å². The number of carbonyl (C=O) groups is 1. The summed E-state index contributed by atoms with van der Waals surface area (Å²) >= 11 is 0. The first-order valence-corrected chi connectivity index (χ1v) is 9.82. The molecule has 0 aliphatic carbocycles. The zero-order chi connectivity index (χ0) is 20.5. The number of aromatic amines is 1. The van der Waals surface area contributed by atoms with Crippen molar-refractivity contribution in [2.75, 3.05) is 13.2 Å². The van der Waals surface area contributed by atoms with Gasteiger partial charge in [0.15, 0.2) is 11.5 Å². The van der Waals surface area contributed by atoms with Crippen molar-refractivity contribution in [2.45, 2.75) is 33.2 Å². The number of aryl methyl sites for hydroxylation is 1. The number of amides is 1. The number of nitrogens with one attached hydrogen (secondary N) is 1. The molecule has 0 saturated heterocycles. The molecule has 0 unspecified atom stereocenters. The van der Waals surface area contributed by atoms with Crippen LogP contribution in [0.5, 0.6) is 11.5 Å². The molecule has 29 heavy (non-hydrogen) atoms. The summed E-state index contributed by atoms with van der Waals surface area (Å²) in [5.41, 5.74) is 5.18. The molecular weight excluding hydrogens is 366 g/mol. The minimum atomic E-state index is -0.148. The minimum absolute atomic E-state index is 0.0919. The monoisotopic (exact) mass is 391 g/mol. The number of aromatic nitrogens is 2. The standard InChI is InChI=1S/C23H25N3O3/c1-14(2)19-12-20(25-24-19)23(28)26-8-9-29-22-18(13-26)10-17(11-21(22)27)16-6-4-15(3)5-7-16/h4-7,10-12,14,27H,8-9,13H2,1-3H3,(H,24,25). The molecule has 0 spiro atoms. The fraction of sp³-hybridized carbons (Fsp3) is 0.304. The smallest absolute Gasteiger partial charge is 0.274 e. The third-order valence-corrected chi connectivity index (χ3v) is 5.23. The van der Waals surface area contributed by atoms with Gasteiger partial charge in [0.05, 0.1) is 6.54 Å². The lowest BCUT2D eigenvalue weighted by atomic mass is 10.0. The van der Waals surface area contributed by atoms with Crippen molar-refractivity contribution < 1.29 is 14.6 Å². The van der Waals surface area contributed by atoms with Crippen molar-refractivity contribution >= 4 is 5.91 Å². The van der Waals surface area contributed by atoms with Gasteiger partial charge in [0.2, 0.25) is 0 Å². The van der Waals surface area contributed by atoms with Crippen LogP contribution in [0, 0.1) is 6.92 Å². The number of ether oxygens (including phenoxy) is 1. The van der Waals surface area contributed by atoms with Crippen molar-refractivity contribution in [1.82, 2.24) is 15.1 Å². The Morgan fingerprint density at radius 2 is 1.93 bits per heavy atom. The van der Waals surface area contributed by atoms with Gasteiger partial charge in [-0.15, -0.1) is 0 Å².